The minimum absolute atomic E-state index is 0.846. The Hall–Kier alpha value is -3.58. The van der Waals surface area contributed by atoms with Gasteiger partial charge in [-0.25, -0.2) is 0 Å². The van der Waals surface area contributed by atoms with E-state index in [1.54, 1.807) is 0 Å². The van der Waals surface area contributed by atoms with Gasteiger partial charge in [0, 0.05) is 11.1 Å². The maximum Gasteiger partial charge on any atom is 0.0393 e. The molecule has 0 heterocycles. The Morgan fingerprint density at radius 2 is 0.926 bits per heavy atom. The highest BCUT2D eigenvalue weighted by atomic mass is 14.5. The second-order valence-electron chi connectivity index (χ2n) is 6.46. The lowest BCUT2D eigenvalue weighted by Gasteiger charge is -2.05. The van der Waals surface area contributed by atoms with Crippen LogP contribution in [0.25, 0.3) is 32.7 Å². The van der Waals surface area contributed by atoms with Gasteiger partial charge >= 0.3 is 0 Å². The molecule has 0 atom stereocenters. The smallest absolute Gasteiger partial charge is 0.0393 e. The lowest BCUT2D eigenvalue weighted by atomic mass is 10.0. The average Bonchev–Trinajstić information content (AvgIpc) is 2.76. The molecule has 0 spiro atoms. The van der Waals surface area contributed by atoms with Crippen LogP contribution in [0, 0.1) is 0 Å². The Morgan fingerprint density at radius 3 is 1.59 bits per heavy atom. The molecule has 5 aromatic rings. The summed E-state index contributed by atoms with van der Waals surface area (Å²) in [5.41, 5.74) is 9.34. The van der Waals surface area contributed by atoms with Crippen LogP contribution in [-0.4, -0.2) is 0 Å². The minimum Gasteiger partial charge on any atom is -0.398 e. The molecular weight excluding hydrogens is 326 g/mol. The molecular formula is C26H21N. The third kappa shape index (κ3) is 3.68. The first-order valence-electron chi connectivity index (χ1n) is 9.09. The molecule has 0 unspecified atom stereocenters. The van der Waals surface area contributed by atoms with Crippen molar-refractivity contribution in [2.45, 2.75) is 0 Å². The fourth-order valence-corrected chi connectivity index (χ4v) is 3.33. The van der Waals surface area contributed by atoms with Crippen molar-refractivity contribution in [1.29, 1.82) is 0 Å². The molecule has 5 rings (SSSR count). The molecule has 0 saturated carbocycles. The van der Waals surface area contributed by atoms with Crippen LogP contribution < -0.4 is 5.73 Å². The minimum atomic E-state index is 0.846. The zero-order valence-corrected chi connectivity index (χ0v) is 15.0. The molecule has 27 heavy (non-hydrogen) atoms. The van der Waals surface area contributed by atoms with E-state index >= 15 is 0 Å². The van der Waals surface area contributed by atoms with Crippen LogP contribution in [0.3, 0.4) is 0 Å². The lowest BCUT2D eigenvalue weighted by Crippen LogP contribution is -1.86. The van der Waals surface area contributed by atoms with Crippen molar-refractivity contribution in [3.63, 3.8) is 0 Å². The molecule has 0 aromatic heterocycles. The number of anilines is 1. The number of hydrogen-bond acceptors (Lipinski definition) is 1. The van der Waals surface area contributed by atoms with Crippen molar-refractivity contribution < 1.29 is 0 Å². The van der Waals surface area contributed by atoms with Gasteiger partial charge in [-0.05, 0) is 33.4 Å². The number of fused-ring (bicyclic) bond motifs is 3. The van der Waals surface area contributed by atoms with E-state index in [0.29, 0.717) is 0 Å². The molecule has 130 valence electrons. The zero-order chi connectivity index (χ0) is 18.5. The molecule has 1 nitrogen and oxygen atoms in total. The molecule has 0 saturated heterocycles. The lowest BCUT2D eigenvalue weighted by molar-refractivity contribution is 1.62. The number of benzene rings is 5. The van der Waals surface area contributed by atoms with E-state index in [9.17, 15) is 0 Å². The zero-order valence-electron chi connectivity index (χ0n) is 15.0. The van der Waals surface area contributed by atoms with Crippen LogP contribution >= 0.6 is 0 Å². The van der Waals surface area contributed by atoms with Gasteiger partial charge in [-0.2, -0.15) is 0 Å². The van der Waals surface area contributed by atoms with E-state index in [0.717, 1.165) is 11.1 Å². The Kier molecular flexibility index (Phi) is 4.84. The fraction of sp³-hybridized carbons (Fsp3) is 0. The first kappa shape index (κ1) is 16.9. The molecule has 0 aliphatic rings. The van der Waals surface area contributed by atoms with Gasteiger partial charge in [0.15, 0.2) is 0 Å². The summed E-state index contributed by atoms with van der Waals surface area (Å²) in [6, 6.07) is 39.4. The van der Waals surface area contributed by atoms with Crippen molar-refractivity contribution in [2.24, 2.45) is 0 Å². The van der Waals surface area contributed by atoms with E-state index in [2.05, 4.69) is 91.0 Å². The molecule has 0 aliphatic carbocycles. The molecule has 5 aromatic carbocycles. The van der Waals surface area contributed by atoms with Gasteiger partial charge < -0.3 is 5.73 Å². The largest absolute Gasteiger partial charge is 0.398 e. The first-order valence-corrected chi connectivity index (χ1v) is 9.09. The Labute approximate surface area is 159 Å². The first-order chi connectivity index (χ1) is 13.3. The van der Waals surface area contributed by atoms with Crippen molar-refractivity contribution >= 4 is 27.2 Å². The van der Waals surface area contributed by atoms with Crippen molar-refractivity contribution in [2.75, 3.05) is 5.73 Å². The average molecular weight is 347 g/mol. The topological polar surface area (TPSA) is 26.0 Å². The summed E-state index contributed by atoms with van der Waals surface area (Å²) in [7, 11) is 0. The van der Waals surface area contributed by atoms with Gasteiger partial charge in [0.05, 0.1) is 0 Å². The van der Waals surface area contributed by atoms with E-state index < -0.39 is 0 Å². The Balaban J connectivity index is 0.000000137. The maximum absolute atomic E-state index is 5.95. The van der Waals surface area contributed by atoms with Crippen molar-refractivity contribution in [3.8, 4) is 11.1 Å². The molecule has 2 N–H and O–H groups in total. The molecule has 0 bridgehead atoms. The summed E-state index contributed by atoms with van der Waals surface area (Å²) in [5.74, 6) is 0. The van der Waals surface area contributed by atoms with Crippen molar-refractivity contribution in [3.05, 3.63) is 115 Å². The highest BCUT2D eigenvalue weighted by Crippen LogP contribution is 2.28. The van der Waals surface area contributed by atoms with Crippen LogP contribution in [0.1, 0.15) is 0 Å². The third-order valence-corrected chi connectivity index (χ3v) is 4.70. The van der Waals surface area contributed by atoms with Gasteiger partial charge in [-0.15, -0.1) is 0 Å². The van der Waals surface area contributed by atoms with Gasteiger partial charge in [0.2, 0.25) is 0 Å². The molecule has 0 fully saturated rings. The number of rotatable bonds is 1. The Bertz CT molecular complexity index is 1120. The molecule has 0 amide bonds. The summed E-state index contributed by atoms with van der Waals surface area (Å²) in [4.78, 5) is 0. The Morgan fingerprint density at radius 1 is 0.370 bits per heavy atom. The highest BCUT2D eigenvalue weighted by Gasteiger charge is 2.01. The quantitative estimate of drug-likeness (QED) is 0.258. The molecule has 0 radical (unpaired) electrons. The van der Waals surface area contributed by atoms with Crippen LogP contribution in [0.2, 0.25) is 0 Å². The fourth-order valence-electron chi connectivity index (χ4n) is 3.33. The van der Waals surface area contributed by atoms with Gasteiger partial charge in [0.25, 0.3) is 0 Å². The van der Waals surface area contributed by atoms with Crippen molar-refractivity contribution in [1.82, 2.24) is 0 Å². The van der Waals surface area contributed by atoms with Crippen LogP contribution in [0.5, 0.6) is 0 Å². The predicted octanol–water partition coefficient (Wildman–Crippen LogP) is 6.93. The molecule has 1 heteroatoms. The normalized spacial score (nSPS) is 10.4. The van der Waals surface area contributed by atoms with Gasteiger partial charge in [-0.3, -0.25) is 0 Å². The number of nitrogens with two attached hydrogens (primary N) is 1. The second kappa shape index (κ2) is 7.76. The summed E-state index contributed by atoms with van der Waals surface area (Å²) >= 11 is 0. The summed E-state index contributed by atoms with van der Waals surface area (Å²) < 4.78 is 0. The van der Waals surface area contributed by atoms with Crippen LogP contribution in [-0.2, 0) is 0 Å². The summed E-state index contributed by atoms with van der Waals surface area (Å²) in [6.45, 7) is 0. The summed E-state index contributed by atoms with van der Waals surface area (Å²) in [6.07, 6.45) is 0. The van der Waals surface area contributed by atoms with E-state index in [4.69, 9.17) is 5.73 Å². The van der Waals surface area contributed by atoms with Crippen LogP contribution in [0.15, 0.2) is 115 Å². The second-order valence-corrected chi connectivity index (χ2v) is 6.46. The van der Waals surface area contributed by atoms with E-state index in [1.165, 1.54) is 27.3 Å². The highest BCUT2D eigenvalue weighted by molar-refractivity contribution is 6.10. The summed E-state index contributed by atoms with van der Waals surface area (Å²) in [5, 5.41) is 4.89. The van der Waals surface area contributed by atoms with E-state index in [1.807, 2.05) is 24.3 Å². The maximum atomic E-state index is 5.95. The number of nitrogen functional groups attached to an aromatic ring is 1. The standard InChI is InChI=1S/C14H11N.C12H10/c15-14-7-3-6-12-11-5-2-1-4-10(11)8-9-13(12)14;1-3-7-11(8-4-1)12-9-5-2-6-10-12/h1-9H,15H2;1-10H. The van der Waals surface area contributed by atoms with Crippen LogP contribution in [0.4, 0.5) is 5.69 Å². The van der Waals surface area contributed by atoms with Gasteiger partial charge in [0.1, 0.15) is 0 Å². The monoisotopic (exact) mass is 347 g/mol. The van der Waals surface area contributed by atoms with Gasteiger partial charge in [-0.1, -0.05) is 109 Å². The third-order valence-electron chi connectivity index (χ3n) is 4.70. The predicted molar refractivity (Wildman–Crippen MR) is 118 cm³/mol. The van der Waals surface area contributed by atoms with E-state index in [-0.39, 0.29) is 0 Å². The number of hydrogen-bond donors (Lipinski definition) is 1. The molecule has 0 aliphatic heterocycles. The SMILES string of the molecule is Nc1cccc2c1ccc1ccccc12.c1ccc(-c2ccccc2)cc1.